The number of nitrogens with one attached hydrogen (secondary N) is 1. The van der Waals surface area contributed by atoms with Crippen molar-refractivity contribution >= 4 is 29.2 Å². The van der Waals surface area contributed by atoms with Crippen LogP contribution in [0.2, 0.25) is 0 Å². The van der Waals surface area contributed by atoms with E-state index in [2.05, 4.69) is 10.5 Å². The Balaban J connectivity index is 1.75. The van der Waals surface area contributed by atoms with Gasteiger partial charge in [-0.3, -0.25) is 14.4 Å². The van der Waals surface area contributed by atoms with Gasteiger partial charge in [0.2, 0.25) is 5.91 Å². The second-order valence-corrected chi connectivity index (χ2v) is 10.3. The van der Waals surface area contributed by atoms with Crippen LogP contribution in [0.3, 0.4) is 0 Å². The molecule has 0 aliphatic rings. The third kappa shape index (κ3) is 9.15. The molecule has 0 saturated heterocycles. The van der Waals surface area contributed by atoms with Gasteiger partial charge in [-0.2, -0.15) is 13.2 Å². The molecular formula is C30H30F3N3O6. The molecule has 0 saturated carbocycles. The summed E-state index contributed by atoms with van der Waals surface area (Å²) in [4.78, 5) is 50.5. The van der Waals surface area contributed by atoms with Gasteiger partial charge >= 0.3 is 12.1 Å². The minimum Gasteiger partial charge on any atom is -0.497 e. The second-order valence-electron chi connectivity index (χ2n) is 10.3. The number of nitroso groups, excluding NO2 is 1. The number of benzene rings is 3. The van der Waals surface area contributed by atoms with E-state index in [4.69, 9.17) is 9.47 Å². The van der Waals surface area contributed by atoms with E-state index in [1.165, 1.54) is 60.5 Å². The number of halogens is 3. The topological polar surface area (TPSA) is 114 Å². The molecule has 1 N–H and O–H groups in total. The average Bonchev–Trinajstić information content (AvgIpc) is 2.91. The average molecular weight is 586 g/mol. The lowest BCUT2D eigenvalue weighted by atomic mass is 10.0. The molecular weight excluding hydrogens is 555 g/mol. The summed E-state index contributed by atoms with van der Waals surface area (Å²) in [5, 5.41) is 5.38. The Morgan fingerprint density at radius 2 is 1.57 bits per heavy atom. The SMILES string of the molecule is COc1ccc(CC(=O)Nc2ccc(C(=O)N(CC(=O)OC(C)(C)C)Cc3ccc(N=O)cc3)cc2)c(C(F)(F)F)c1. The summed E-state index contributed by atoms with van der Waals surface area (Å²) in [6.45, 7) is 4.78. The highest BCUT2D eigenvalue weighted by Gasteiger charge is 2.34. The molecule has 42 heavy (non-hydrogen) atoms. The molecule has 0 heterocycles. The maximum Gasteiger partial charge on any atom is 0.416 e. The minimum absolute atomic E-state index is 0.0161. The summed E-state index contributed by atoms with van der Waals surface area (Å²) < 4.78 is 50.7. The number of alkyl halides is 3. The van der Waals surface area contributed by atoms with Crippen LogP contribution in [0.25, 0.3) is 0 Å². The molecule has 0 spiro atoms. The zero-order valence-corrected chi connectivity index (χ0v) is 23.4. The summed E-state index contributed by atoms with van der Waals surface area (Å²) in [6, 6.07) is 15.3. The maximum absolute atomic E-state index is 13.5. The lowest BCUT2D eigenvalue weighted by Crippen LogP contribution is -2.38. The Kier molecular flexibility index (Phi) is 10.1. The zero-order chi connectivity index (χ0) is 31.1. The Morgan fingerprint density at radius 3 is 2.12 bits per heavy atom. The molecule has 3 aromatic rings. The largest absolute Gasteiger partial charge is 0.497 e. The third-order valence-corrected chi connectivity index (χ3v) is 5.83. The van der Waals surface area contributed by atoms with Gasteiger partial charge in [0.05, 0.1) is 19.1 Å². The number of ether oxygens (including phenoxy) is 2. The van der Waals surface area contributed by atoms with E-state index >= 15 is 0 Å². The molecule has 3 aromatic carbocycles. The van der Waals surface area contributed by atoms with E-state index in [1.54, 1.807) is 32.9 Å². The fourth-order valence-electron chi connectivity index (χ4n) is 3.97. The predicted octanol–water partition coefficient (Wildman–Crippen LogP) is 6.28. The first-order valence-electron chi connectivity index (χ1n) is 12.8. The summed E-state index contributed by atoms with van der Waals surface area (Å²) in [5.41, 5.74) is -0.660. The highest BCUT2D eigenvalue weighted by atomic mass is 19.4. The van der Waals surface area contributed by atoms with Gasteiger partial charge in [-0.05, 0) is 85.6 Å². The Bertz CT molecular complexity index is 1430. The van der Waals surface area contributed by atoms with Gasteiger partial charge in [-0.15, -0.1) is 4.91 Å². The highest BCUT2D eigenvalue weighted by Crippen LogP contribution is 2.34. The molecule has 0 bridgehead atoms. The van der Waals surface area contributed by atoms with Crippen LogP contribution in [-0.4, -0.2) is 41.9 Å². The smallest absolute Gasteiger partial charge is 0.416 e. The quantitative estimate of drug-likeness (QED) is 0.221. The number of rotatable bonds is 10. The molecule has 0 unspecified atom stereocenters. The highest BCUT2D eigenvalue weighted by molar-refractivity contribution is 5.97. The van der Waals surface area contributed by atoms with Gasteiger partial charge < -0.3 is 19.7 Å². The minimum atomic E-state index is -4.68. The molecule has 3 rings (SSSR count). The van der Waals surface area contributed by atoms with Crippen molar-refractivity contribution in [1.82, 2.24) is 4.90 Å². The van der Waals surface area contributed by atoms with Crippen LogP contribution in [0.15, 0.2) is 71.9 Å². The van der Waals surface area contributed by atoms with Gasteiger partial charge in [-0.25, -0.2) is 0 Å². The summed E-state index contributed by atoms with van der Waals surface area (Å²) >= 11 is 0. The van der Waals surface area contributed by atoms with Crippen molar-refractivity contribution in [2.75, 3.05) is 19.0 Å². The van der Waals surface area contributed by atoms with E-state index in [1.807, 2.05) is 0 Å². The van der Waals surface area contributed by atoms with Crippen molar-refractivity contribution in [2.24, 2.45) is 5.18 Å². The molecule has 12 heteroatoms. The fourth-order valence-corrected chi connectivity index (χ4v) is 3.97. The van der Waals surface area contributed by atoms with E-state index in [9.17, 15) is 32.5 Å². The predicted molar refractivity (Wildman–Crippen MR) is 149 cm³/mol. The monoisotopic (exact) mass is 585 g/mol. The first-order chi connectivity index (χ1) is 19.7. The Labute approximate surface area is 240 Å². The molecule has 0 aliphatic heterocycles. The third-order valence-electron chi connectivity index (χ3n) is 5.83. The summed E-state index contributed by atoms with van der Waals surface area (Å²) in [5.74, 6) is -1.81. The number of carbonyl (C=O) groups excluding carboxylic acids is 3. The fraction of sp³-hybridized carbons (Fsp3) is 0.300. The summed E-state index contributed by atoms with van der Waals surface area (Å²) in [7, 11) is 1.25. The number of carbonyl (C=O) groups is 3. The van der Waals surface area contributed by atoms with E-state index in [0.717, 1.165) is 6.07 Å². The van der Waals surface area contributed by atoms with Crippen molar-refractivity contribution in [2.45, 2.75) is 45.5 Å². The standard InChI is InChI=1S/C30H30F3N3O6/c1-29(2,3)42-27(38)18-36(17-19-5-10-23(35-40)11-6-19)28(39)20-7-12-22(13-8-20)34-26(37)15-21-9-14-24(41-4)16-25(21)30(31,32)33/h5-14,16H,15,17-18H2,1-4H3,(H,34,37). The van der Waals surface area contributed by atoms with Crippen molar-refractivity contribution in [3.8, 4) is 5.75 Å². The van der Waals surface area contributed by atoms with Crippen LogP contribution >= 0.6 is 0 Å². The number of esters is 1. The number of nitrogens with zero attached hydrogens (tertiary/aromatic N) is 2. The Hall–Kier alpha value is -4.74. The molecule has 0 aliphatic carbocycles. The van der Waals surface area contributed by atoms with E-state index < -0.39 is 41.5 Å². The maximum atomic E-state index is 13.5. The number of methoxy groups -OCH3 is 1. The van der Waals surface area contributed by atoms with Crippen molar-refractivity contribution < 1.29 is 37.0 Å². The molecule has 2 amide bonds. The van der Waals surface area contributed by atoms with Gasteiger partial charge in [0.1, 0.15) is 23.6 Å². The van der Waals surface area contributed by atoms with Crippen molar-refractivity contribution in [3.05, 3.63) is 93.9 Å². The number of amides is 2. The van der Waals surface area contributed by atoms with E-state index in [0.29, 0.717) is 5.56 Å². The van der Waals surface area contributed by atoms with Gasteiger partial charge in [0.25, 0.3) is 5.91 Å². The first kappa shape index (κ1) is 31.8. The number of hydrogen-bond donors (Lipinski definition) is 1. The molecule has 0 aromatic heterocycles. The van der Waals surface area contributed by atoms with Crippen LogP contribution in [0, 0.1) is 4.91 Å². The number of hydrogen-bond acceptors (Lipinski definition) is 7. The Morgan fingerprint density at radius 1 is 0.929 bits per heavy atom. The summed E-state index contributed by atoms with van der Waals surface area (Å²) in [6.07, 6.45) is -5.22. The molecule has 222 valence electrons. The van der Waals surface area contributed by atoms with Crippen LogP contribution in [-0.2, 0) is 33.5 Å². The molecule has 0 fully saturated rings. The van der Waals surface area contributed by atoms with Crippen LogP contribution in [0.5, 0.6) is 5.75 Å². The van der Waals surface area contributed by atoms with Crippen LogP contribution < -0.4 is 10.1 Å². The number of anilines is 1. The molecule has 9 nitrogen and oxygen atoms in total. The van der Waals surface area contributed by atoms with Gasteiger partial charge in [-0.1, -0.05) is 18.2 Å². The van der Waals surface area contributed by atoms with Crippen molar-refractivity contribution in [1.29, 1.82) is 0 Å². The van der Waals surface area contributed by atoms with E-state index in [-0.39, 0.29) is 41.3 Å². The molecule has 0 atom stereocenters. The molecule has 0 radical (unpaired) electrons. The van der Waals surface area contributed by atoms with Gasteiger partial charge in [0.15, 0.2) is 0 Å². The lowest BCUT2D eigenvalue weighted by molar-refractivity contribution is -0.155. The van der Waals surface area contributed by atoms with Crippen molar-refractivity contribution in [3.63, 3.8) is 0 Å². The van der Waals surface area contributed by atoms with Crippen LogP contribution in [0.4, 0.5) is 24.5 Å². The van der Waals surface area contributed by atoms with Crippen LogP contribution in [0.1, 0.15) is 47.8 Å². The second kappa shape index (κ2) is 13.3. The zero-order valence-electron chi connectivity index (χ0n) is 23.4. The lowest BCUT2D eigenvalue weighted by Gasteiger charge is -2.25. The normalized spacial score (nSPS) is 11.4. The van der Waals surface area contributed by atoms with Gasteiger partial charge in [0, 0.05) is 17.8 Å². The first-order valence-corrected chi connectivity index (χ1v) is 12.8.